The minimum absolute atomic E-state index is 0.0670. The summed E-state index contributed by atoms with van der Waals surface area (Å²) in [5, 5.41) is 10.5. The summed E-state index contributed by atoms with van der Waals surface area (Å²) >= 11 is 0. The van der Waals surface area contributed by atoms with Crippen LogP contribution in [0, 0.1) is 0 Å². The maximum atomic E-state index is 12.6. The smallest absolute Gasteiger partial charge is 0.498 e. The lowest BCUT2D eigenvalue weighted by Crippen LogP contribution is -2.28. The van der Waals surface area contributed by atoms with Gasteiger partial charge in [-0.25, -0.2) is 9.65 Å². The number of hydrogen-bond donors (Lipinski definition) is 4. The second kappa shape index (κ2) is 97.0. The number of rotatable bonds is 69. The van der Waals surface area contributed by atoms with E-state index in [1.807, 2.05) is 58.1 Å². The molecule has 0 aliphatic carbocycles. The molecule has 1 aliphatic heterocycles. The van der Waals surface area contributed by atoms with Crippen LogP contribution in [0.25, 0.3) is 0 Å². The fourth-order valence-electron chi connectivity index (χ4n) is 10.0. The molecule has 1 aliphatic rings. The minimum atomic E-state index is -3.34. The maximum Gasteiger partial charge on any atom is 0.694 e. The Morgan fingerprint density at radius 1 is 0.421 bits per heavy atom. The van der Waals surface area contributed by atoms with E-state index in [4.69, 9.17) is 48.3 Å². The van der Waals surface area contributed by atoms with Crippen molar-refractivity contribution in [3.05, 3.63) is 171 Å². The summed E-state index contributed by atoms with van der Waals surface area (Å²) in [5.41, 5.74) is 4.78. The fraction of sp³-hybridized carbons (Fsp3) is 0.667. The second-order valence-electron chi connectivity index (χ2n) is 25.5. The number of carbonyl (C=O) groups is 2. The molecule has 17 heteroatoms. The third-order valence-electron chi connectivity index (χ3n) is 15.8. The Labute approximate surface area is 657 Å². The molecular weight excluding hydrogens is 1380 g/mol. The molecule has 0 amide bonds. The standard InChI is InChI=1S/C43H72NO6P.C41H67O6P.C2H7NO.2C2H6/c1-3-5-7-9-11-13-15-17-19-20-21-22-23-24-26-28-30-32-34-36-43(45)50-42(41-49-51(46)44-37-39-48-51)40-47-38-35-33-31-29-27-25-18-16-14-12-10-8-6-4-2;1-3-5-7-9-11-13-15-17-19-20-21-22-23-24-26-28-30-32-34-36-41(42)47-40(39-46-48(43)44)38-45-37-35-33-31-29-27-25-18-16-14-12-10-8-6-4-2;3-1-2-4;2*1-2/h5,7,11,13,17,19,21-22,24,26,30,32,35,38,42H,3-4,6,8-10,12,14-16,18,20,23,25,27-29,31,33-34,36-37,39-41H2,1-2H3,(H,44,46);5,7,11,13,17,19,21-22,24,26,30,32,35,37,40H,3-4,6,8-10,12,14-16,18,20,23,25,27-29,31,33-34,36,38-39H2,1-2H3;4H,1-3H2;2*1-2H3/p+1/b7-5-,13-11-,19-17-,22-21-,26-24-,32-30-,38-35-;7-5-,13-11-,19-17-,22-21-,26-24-,32-30-,37-35-;;;. The van der Waals surface area contributed by atoms with Gasteiger partial charge >= 0.3 is 27.9 Å². The van der Waals surface area contributed by atoms with Crippen molar-refractivity contribution in [2.24, 2.45) is 5.73 Å². The number of nitrogens with two attached hydrogens (primary N) is 1. The Morgan fingerprint density at radius 2 is 0.701 bits per heavy atom. The average molecular weight is 1540 g/mol. The van der Waals surface area contributed by atoms with E-state index < -0.39 is 28.2 Å². The van der Waals surface area contributed by atoms with Gasteiger partial charge in [0, 0.05) is 30.5 Å². The van der Waals surface area contributed by atoms with E-state index in [2.05, 4.69) is 160 Å². The van der Waals surface area contributed by atoms with Crippen LogP contribution in [0.4, 0.5) is 0 Å². The summed E-state index contributed by atoms with van der Waals surface area (Å²) in [7, 11) is -6.12. The van der Waals surface area contributed by atoms with E-state index in [0.717, 1.165) is 103 Å². The van der Waals surface area contributed by atoms with Gasteiger partial charge in [-0.05, 0) is 128 Å². The largest absolute Gasteiger partial charge is 0.694 e. The third-order valence-corrected chi connectivity index (χ3v) is 17.8. The van der Waals surface area contributed by atoms with Crippen LogP contribution in [0.15, 0.2) is 171 Å². The number of allylic oxidation sites excluding steroid dienone is 26. The van der Waals surface area contributed by atoms with Gasteiger partial charge in [-0.15, -0.1) is 9.42 Å². The number of hydrogen-bond acceptors (Lipinski definition) is 13. The molecule has 107 heavy (non-hydrogen) atoms. The zero-order valence-electron chi connectivity index (χ0n) is 69.0. The molecule has 1 heterocycles. The molecule has 0 bridgehead atoms. The monoisotopic (exact) mass is 1540 g/mol. The van der Waals surface area contributed by atoms with E-state index >= 15 is 0 Å². The zero-order chi connectivity index (χ0) is 79.2. The Kier molecular flexibility index (Phi) is 98.2. The highest BCUT2D eigenvalue weighted by Gasteiger charge is 2.31. The van der Waals surface area contributed by atoms with Gasteiger partial charge in [0.25, 0.3) is 0 Å². The predicted octanol–water partition coefficient (Wildman–Crippen LogP) is 26.4. The Bertz CT molecular complexity index is 2380. The number of unbranched alkanes of at least 4 members (excludes halogenated alkanes) is 24. The molecule has 0 radical (unpaired) electrons. The zero-order valence-corrected chi connectivity index (χ0v) is 70.8. The van der Waals surface area contributed by atoms with Gasteiger partial charge in [-0.1, -0.05) is 342 Å². The molecular formula is C90H159N2O13P2+. The van der Waals surface area contributed by atoms with Crippen molar-refractivity contribution >= 4 is 27.9 Å². The number of aliphatic hydroxyl groups is 1. The van der Waals surface area contributed by atoms with Crippen molar-refractivity contribution in [3.63, 3.8) is 0 Å². The van der Waals surface area contributed by atoms with Gasteiger partial charge in [0.15, 0.2) is 12.2 Å². The van der Waals surface area contributed by atoms with Gasteiger partial charge in [0.2, 0.25) is 0 Å². The van der Waals surface area contributed by atoms with E-state index in [1.54, 1.807) is 12.5 Å². The molecule has 4 atom stereocenters. The van der Waals surface area contributed by atoms with E-state index in [9.17, 15) is 18.7 Å². The number of esters is 2. The van der Waals surface area contributed by atoms with E-state index in [-0.39, 0.29) is 57.8 Å². The fourth-order valence-corrected chi connectivity index (χ4v) is 11.6. The third kappa shape index (κ3) is 95.1. The van der Waals surface area contributed by atoms with Crippen LogP contribution in [-0.2, 0) is 51.2 Å². The highest BCUT2D eigenvalue weighted by Crippen LogP contribution is 2.46. The van der Waals surface area contributed by atoms with Gasteiger partial charge in [-0.3, -0.25) is 18.6 Å². The molecule has 0 saturated carbocycles. The van der Waals surface area contributed by atoms with Crippen LogP contribution >= 0.6 is 16.0 Å². The number of aliphatic hydroxyl groups excluding tert-OH is 1. The molecule has 0 aromatic rings. The lowest BCUT2D eigenvalue weighted by atomic mass is 10.0. The summed E-state index contributed by atoms with van der Waals surface area (Å²) in [6, 6.07) is 0. The second-order valence-corrected chi connectivity index (χ2v) is 28.0. The summed E-state index contributed by atoms with van der Waals surface area (Å²) in [6.45, 7) is 18.0. The topological polar surface area (TPSA) is 211 Å². The molecule has 4 unspecified atom stereocenters. The Hall–Kier alpha value is -5.05. The van der Waals surface area contributed by atoms with Crippen molar-refractivity contribution in [3.8, 4) is 0 Å². The summed E-state index contributed by atoms with van der Waals surface area (Å²) in [4.78, 5) is 33.8. The lowest BCUT2D eigenvalue weighted by molar-refractivity contribution is -0.153. The molecule has 15 nitrogen and oxygen atoms in total. The Balaban J connectivity index is -0.000000904. The first-order valence-electron chi connectivity index (χ1n) is 42.1. The molecule has 1 fully saturated rings. The molecule has 0 aromatic heterocycles. The van der Waals surface area contributed by atoms with Crippen molar-refractivity contribution in [1.29, 1.82) is 0 Å². The normalized spacial score (nSPS) is 14.9. The Morgan fingerprint density at radius 3 is 0.972 bits per heavy atom. The van der Waals surface area contributed by atoms with Crippen LogP contribution < -0.4 is 10.8 Å². The van der Waals surface area contributed by atoms with Crippen LogP contribution in [0.2, 0.25) is 0 Å². The first-order valence-corrected chi connectivity index (χ1v) is 44.7. The van der Waals surface area contributed by atoms with E-state index in [1.165, 1.54) is 141 Å². The highest BCUT2D eigenvalue weighted by atomic mass is 31.2. The van der Waals surface area contributed by atoms with Crippen LogP contribution in [0.1, 0.15) is 325 Å². The van der Waals surface area contributed by atoms with Crippen molar-refractivity contribution in [2.75, 3.05) is 52.7 Å². The minimum Gasteiger partial charge on any atom is -0.498 e. The predicted molar refractivity (Wildman–Crippen MR) is 458 cm³/mol. The van der Waals surface area contributed by atoms with Gasteiger partial charge < -0.3 is 29.8 Å². The summed E-state index contributed by atoms with van der Waals surface area (Å²) in [6.07, 6.45) is 104. The van der Waals surface area contributed by atoms with E-state index in [0.29, 0.717) is 32.5 Å². The first kappa shape index (κ1) is 108. The first-order chi connectivity index (χ1) is 52.6. The number of carbonyl (C=O) groups excluding carboxylic acids is 2. The average Bonchev–Trinajstić information content (AvgIpc) is 1.76. The van der Waals surface area contributed by atoms with Crippen molar-refractivity contribution in [2.45, 2.75) is 337 Å². The van der Waals surface area contributed by atoms with Crippen molar-refractivity contribution in [1.82, 2.24) is 5.09 Å². The number of nitrogens with one attached hydrogen (secondary N) is 1. The molecule has 5 N–H and O–H groups in total. The van der Waals surface area contributed by atoms with Gasteiger partial charge in [0.05, 0.1) is 32.3 Å². The SMILES string of the molecule is CC.CC.CC/C=C\C/C=C\C/C=C\C/C=C\C/C=C\C/C=C\CCC(=O)OC(CO/C=C\CCCCCCCCCCCCCC)COP1(=O)NCCO1.CC/C=C\C/C=C\C/C=C\C/C=C\C/C=C\C/C=C\CCC(=O)OC(CO/C=C\CCCCCCCCCCCCCC)CO[P+](=O)O.NCCO. The quantitative estimate of drug-likeness (QED) is 0.0147. The molecule has 0 spiro atoms. The lowest BCUT2D eigenvalue weighted by Gasteiger charge is -2.19. The molecule has 1 rings (SSSR count). The summed E-state index contributed by atoms with van der Waals surface area (Å²) < 4.78 is 61.2. The molecule has 1 saturated heterocycles. The van der Waals surface area contributed by atoms with Gasteiger partial charge in [-0.2, -0.15) is 0 Å². The number of ether oxygens (including phenoxy) is 4. The summed E-state index contributed by atoms with van der Waals surface area (Å²) in [5.74, 6) is -0.730. The van der Waals surface area contributed by atoms with Crippen LogP contribution in [-0.4, -0.2) is 86.9 Å². The van der Waals surface area contributed by atoms with Gasteiger partial charge in [0.1, 0.15) is 19.8 Å². The maximum absolute atomic E-state index is 12.6. The van der Waals surface area contributed by atoms with Crippen LogP contribution in [0.5, 0.6) is 0 Å². The van der Waals surface area contributed by atoms with Crippen LogP contribution in [0.3, 0.4) is 0 Å². The van der Waals surface area contributed by atoms with Crippen molar-refractivity contribution < 1.29 is 61.2 Å². The molecule has 0 aromatic carbocycles. The highest BCUT2D eigenvalue weighted by molar-refractivity contribution is 7.51. The molecule has 616 valence electrons.